The first-order valence-electron chi connectivity index (χ1n) is 8.02. The van der Waals surface area contributed by atoms with Gasteiger partial charge in [0.15, 0.2) is 0 Å². The zero-order valence-electron chi connectivity index (χ0n) is 15.0. The van der Waals surface area contributed by atoms with Crippen molar-refractivity contribution < 1.29 is 26.9 Å². The van der Waals surface area contributed by atoms with Gasteiger partial charge in [-0.15, -0.1) is 0 Å². The van der Waals surface area contributed by atoms with Crippen LogP contribution in [-0.2, 0) is 23.8 Å². The highest BCUT2D eigenvalue weighted by molar-refractivity contribution is 7.86. The summed E-state index contributed by atoms with van der Waals surface area (Å²) in [5, 5.41) is 2.67. The van der Waals surface area contributed by atoms with Crippen LogP contribution < -0.4 is 5.32 Å². The Balaban J connectivity index is 2.27. The van der Waals surface area contributed by atoms with E-state index in [0.717, 1.165) is 6.26 Å². The quantitative estimate of drug-likeness (QED) is 0.679. The van der Waals surface area contributed by atoms with E-state index in [-0.39, 0.29) is 30.9 Å². The number of carbonyl (C=O) groups is 2. The van der Waals surface area contributed by atoms with Gasteiger partial charge in [-0.2, -0.15) is 8.42 Å². The molecule has 0 aliphatic carbocycles. The Morgan fingerprint density at radius 2 is 1.88 bits per heavy atom. The van der Waals surface area contributed by atoms with Crippen LogP contribution in [0.5, 0.6) is 0 Å². The van der Waals surface area contributed by atoms with E-state index in [1.54, 1.807) is 32.6 Å². The van der Waals surface area contributed by atoms with Crippen molar-refractivity contribution in [1.82, 2.24) is 10.2 Å². The molecule has 0 aromatic carbocycles. The minimum Gasteiger partial charge on any atom is -0.444 e. The molecule has 8 nitrogen and oxygen atoms in total. The smallest absolute Gasteiger partial charge is 0.410 e. The van der Waals surface area contributed by atoms with Crippen LogP contribution in [0.3, 0.4) is 0 Å². The summed E-state index contributed by atoms with van der Waals surface area (Å²) in [6, 6.07) is 0. The number of hydrogen-bond acceptors (Lipinski definition) is 6. The first kappa shape index (κ1) is 20.7. The van der Waals surface area contributed by atoms with E-state index in [0.29, 0.717) is 19.5 Å². The second-order valence-electron chi connectivity index (χ2n) is 7.09. The lowest BCUT2D eigenvalue weighted by Crippen LogP contribution is -2.52. The predicted molar refractivity (Wildman–Crippen MR) is 88.9 cm³/mol. The summed E-state index contributed by atoms with van der Waals surface area (Å²) in [5.74, 6) is -0.0900. The van der Waals surface area contributed by atoms with Crippen LogP contribution in [0.1, 0.15) is 40.5 Å². The number of nitrogens with one attached hydrogen (secondary N) is 1. The topological polar surface area (TPSA) is 102 Å². The van der Waals surface area contributed by atoms with Gasteiger partial charge in [0.1, 0.15) is 5.60 Å². The lowest BCUT2D eigenvalue weighted by Gasteiger charge is -2.39. The Bertz CT molecular complexity index is 549. The van der Waals surface area contributed by atoms with Crippen molar-refractivity contribution in [2.24, 2.45) is 5.92 Å². The van der Waals surface area contributed by atoms with Crippen LogP contribution >= 0.6 is 0 Å². The third-order valence-corrected chi connectivity index (χ3v) is 4.00. The summed E-state index contributed by atoms with van der Waals surface area (Å²) in [6.07, 6.45) is 0.810. The van der Waals surface area contributed by atoms with Gasteiger partial charge in [0.05, 0.1) is 12.4 Å². The molecule has 1 rings (SSSR count). The Kier molecular flexibility index (Phi) is 7.03. The van der Waals surface area contributed by atoms with E-state index >= 15 is 0 Å². The third-order valence-electron chi connectivity index (χ3n) is 3.38. The molecule has 2 amide bonds. The molecule has 24 heavy (non-hydrogen) atoms. The molecule has 0 spiro atoms. The molecule has 0 aromatic rings. The van der Waals surface area contributed by atoms with E-state index in [2.05, 4.69) is 5.32 Å². The minimum absolute atomic E-state index is 0.0911. The van der Waals surface area contributed by atoms with Gasteiger partial charge >= 0.3 is 6.09 Å². The molecule has 0 radical (unpaired) electrons. The molecular weight excluding hydrogens is 336 g/mol. The fourth-order valence-electron chi connectivity index (χ4n) is 2.23. The summed E-state index contributed by atoms with van der Waals surface area (Å²) in [5.41, 5.74) is -0.533. The molecule has 1 unspecified atom stereocenters. The number of amides is 2. The van der Waals surface area contributed by atoms with Crippen LogP contribution in [0.15, 0.2) is 0 Å². The van der Waals surface area contributed by atoms with Gasteiger partial charge in [-0.3, -0.25) is 8.98 Å². The van der Waals surface area contributed by atoms with E-state index in [9.17, 15) is 18.0 Å². The highest BCUT2D eigenvalue weighted by Gasteiger charge is 2.34. The number of rotatable bonds is 7. The Hall–Kier alpha value is -1.35. The summed E-state index contributed by atoms with van der Waals surface area (Å²) in [4.78, 5) is 25.2. The highest BCUT2D eigenvalue weighted by Crippen LogP contribution is 2.21. The second kappa shape index (κ2) is 8.15. The summed E-state index contributed by atoms with van der Waals surface area (Å²) in [7, 11) is -3.54. The van der Waals surface area contributed by atoms with Crippen molar-refractivity contribution in [2.75, 3.05) is 25.9 Å². The van der Waals surface area contributed by atoms with Gasteiger partial charge in [-0.1, -0.05) is 6.92 Å². The molecule has 140 valence electrons. The fraction of sp³-hybridized carbons (Fsp3) is 0.867. The van der Waals surface area contributed by atoms with Crippen LogP contribution in [0.4, 0.5) is 4.79 Å². The van der Waals surface area contributed by atoms with Gasteiger partial charge in [0, 0.05) is 32.0 Å². The number of ether oxygens (including phenoxy) is 1. The predicted octanol–water partition coefficient (Wildman–Crippen LogP) is 1.11. The van der Waals surface area contributed by atoms with Gasteiger partial charge in [-0.25, -0.2) is 4.79 Å². The summed E-state index contributed by atoms with van der Waals surface area (Å²) < 4.78 is 32.3. The van der Waals surface area contributed by atoms with Crippen molar-refractivity contribution in [3.63, 3.8) is 0 Å². The molecule has 1 N–H and O–H groups in total. The zero-order valence-corrected chi connectivity index (χ0v) is 15.8. The molecule has 0 aromatic heterocycles. The molecule has 1 saturated heterocycles. The molecule has 1 fully saturated rings. The van der Waals surface area contributed by atoms with Crippen molar-refractivity contribution in [3.8, 4) is 0 Å². The number of carbonyl (C=O) groups excluding carboxylic acids is 2. The third kappa shape index (κ3) is 7.96. The number of hydrogen-bond donors (Lipinski definition) is 1. The Morgan fingerprint density at radius 1 is 1.29 bits per heavy atom. The maximum Gasteiger partial charge on any atom is 0.410 e. The lowest BCUT2D eigenvalue weighted by atomic mass is 9.96. The first-order chi connectivity index (χ1) is 10.9. The van der Waals surface area contributed by atoms with E-state index < -0.39 is 21.8 Å². The lowest BCUT2D eigenvalue weighted by molar-refractivity contribution is -0.123. The molecule has 1 aliphatic heterocycles. The number of nitrogens with zero attached hydrogens (tertiary/aromatic N) is 1. The highest BCUT2D eigenvalue weighted by atomic mass is 32.2. The van der Waals surface area contributed by atoms with E-state index in [1.165, 1.54) is 0 Å². The second-order valence-corrected chi connectivity index (χ2v) is 8.69. The van der Waals surface area contributed by atoms with Crippen molar-refractivity contribution in [2.45, 2.75) is 52.2 Å². The molecule has 0 bridgehead atoms. The average molecular weight is 364 g/mol. The van der Waals surface area contributed by atoms with Crippen molar-refractivity contribution in [1.29, 1.82) is 0 Å². The zero-order chi connectivity index (χ0) is 18.5. The van der Waals surface area contributed by atoms with Crippen LogP contribution in [0.25, 0.3) is 0 Å². The van der Waals surface area contributed by atoms with Crippen molar-refractivity contribution in [3.05, 3.63) is 0 Å². The maximum atomic E-state index is 11.9. The minimum atomic E-state index is -3.54. The van der Waals surface area contributed by atoms with Gasteiger partial charge < -0.3 is 15.0 Å². The van der Waals surface area contributed by atoms with Crippen molar-refractivity contribution >= 4 is 22.1 Å². The van der Waals surface area contributed by atoms with Crippen LogP contribution in [-0.4, -0.2) is 62.9 Å². The van der Waals surface area contributed by atoms with Crippen LogP contribution in [0.2, 0.25) is 0 Å². The molecule has 1 heterocycles. The van der Waals surface area contributed by atoms with Gasteiger partial charge in [0.25, 0.3) is 10.1 Å². The average Bonchev–Trinajstić information content (AvgIpc) is 2.34. The van der Waals surface area contributed by atoms with E-state index in [4.69, 9.17) is 8.92 Å². The molecule has 9 heteroatoms. The SMILES string of the molecule is CCC(CNC(=O)CC1CN(C(=O)OC(C)(C)C)C1)OS(C)(=O)=O. The Labute approximate surface area is 144 Å². The Morgan fingerprint density at radius 3 is 2.33 bits per heavy atom. The monoisotopic (exact) mass is 364 g/mol. The fourth-order valence-corrected chi connectivity index (χ4v) is 2.93. The molecular formula is C15H28N2O6S. The normalized spacial score (nSPS) is 17.1. The summed E-state index contributed by atoms with van der Waals surface area (Å²) >= 11 is 0. The van der Waals surface area contributed by atoms with Gasteiger partial charge in [-0.05, 0) is 27.2 Å². The molecule has 1 atom stereocenters. The maximum absolute atomic E-state index is 11.9. The molecule has 1 aliphatic rings. The summed E-state index contributed by atoms with van der Waals surface area (Å²) in [6.45, 7) is 8.31. The largest absolute Gasteiger partial charge is 0.444 e. The standard InChI is InChI=1S/C15H28N2O6S/c1-6-12(23-24(5,20)21)8-16-13(18)7-11-9-17(10-11)14(19)22-15(2,3)4/h11-12H,6-10H2,1-5H3,(H,16,18). The van der Waals surface area contributed by atoms with E-state index in [1.807, 2.05) is 0 Å². The first-order valence-corrected chi connectivity index (χ1v) is 9.84. The molecule has 0 saturated carbocycles. The van der Waals surface area contributed by atoms with Crippen LogP contribution in [0, 0.1) is 5.92 Å². The number of likely N-dealkylation sites (tertiary alicyclic amines) is 1. The van der Waals surface area contributed by atoms with Gasteiger partial charge in [0.2, 0.25) is 5.91 Å².